The lowest BCUT2D eigenvalue weighted by atomic mass is 10.1. The molecule has 1 aromatic carbocycles. The van der Waals surface area contributed by atoms with Crippen molar-refractivity contribution in [2.75, 3.05) is 7.11 Å². The summed E-state index contributed by atoms with van der Waals surface area (Å²) >= 11 is 5.98. The van der Waals surface area contributed by atoms with Gasteiger partial charge in [0.2, 0.25) is 0 Å². The summed E-state index contributed by atoms with van der Waals surface area (Å²) in [6.07, 6.45) is 0. The largest absolute Gasteiger partial charge is 0.496 e. The Hall–Kier alpha value is -2.01. The summed E-state index contributed by atoms with van der Waals surface area (Å²) in [4.78, 5) is 12.5. The lowest BCUT2D eigenvalue weighted by molar-refractivity contribution is 0.0936. The van der Waals surface area contributed by atoms with Gasteiger partial charge in [0.25, 0.3) is 5.91 Å². The number of aromatic nitrogens is 2. The number of carbonyl (C=O) groups excluding carboxylic acids is 1. The van der Waals surface area contributed by atoms with Gasteiger partial charge >= 0.3 is 0 Å². The van der Waals surface area contributed by atoms with Gasteiger partial charge in [-0.3, -0.25) is 9.48 Å². The van der Waals surface area contributed by atoms with Crippen LogP contribution in [0.2, 0.25) is 5.02 Å². The second-order valence-corrected chi connectivity index (χ2v) is 5.68. The molecule has 0 aliphatic carbocycles. The molecule has 0 fully saturated rings. The first-order valence-electron chi connectivity index (χ1n) is 6.99. The molecule has 1 unspecified atom stereocenters. The van der Waals surface area contributed by atoms with Gasteiger partial charge in [-0.1, -0.05) is 11.6 Å². The first-order valence-corrected chi connectivity index (χ1v) is 7.37. The van der Waals surface area contributed by atoms with Crippen molar-refractivity contribution in [2.45, 2.75) is 26.8 Å². The van der Waals surface area contributed by atoms with E-state index in [9.17, 15) is 4.79 Å². The highest BCUT2D eigenvalue weighted by molar-refractivity contribution is 6.31. The Morgan fingerprint density at radius 2 is 2.09 bits per heavy atom. The predicted octanol–water partition coefficient (Wildman–Crippen LogP) is 3.19. The van der Waals surface area contributed by atoms with Gasteiger partial charge in [0.1, 0.15) is 5.75 Å². The number of methoxy groups -OCH3 is 1. The molecule has 1 atom stereocenters. The highest BCUT2D eigenvalue weighted by atomic mass is 35.5. The van der Waals surface area contributed by atoms with Crippen LogP contribution in [-0.2, 0) is 7.05 Å². The fraction of sp³-hybridized carbons (Fsp3) is 0.375. The molecule has 0 bridgehead atoms. The maximum atomic E-state index is 12.5. The van der Waals surface area contributed by atoms with Crippen molar-refractivity contribution in [1.29, 1.82) is 0 Å². The molecule has 0 aliphatic heterocycles. The molecule has 118 valence electrons. The quantitative estimate of drug-likeness (QED) is 0.941. The molecule has 0 radical (unpaired) electrons. The van der Waals surface area contributed by atoms with E-state index in [2.05, 4.69) is 10.4 Å². The summed E-state index contributed by atoms with van der Waals surface area (Å²) in [5.74, 6) is 0.267. The Bertz CT molecular complexity index is 710. The SMILES string of the molecule is COc1ccc(Cl)cc1C(=O)NC(C)c1c(C)nn(C)c1C. The minimum Gasteiger partial charge on any atom is -0.496 e. The number of halogens is 1. The molecular formula is C16H20ClN3O2. The lowest BCUT2D eigenvalue weighted by Crippen LogP contribution is -2.27. The van der Waals surface area contributed by atoms with Crippen molar-refractivity contribution in [2.24, 2.45) is 7.05 Å². The van der Waals surface area contributed by atoms with E-state index in [4.69, 9.17) is 16.3 Å². The van der Waals surface area contributed by atoms with E-state index < -0.39 is 0 Å². The zero-order valence-corrected chi connectivity index (χ0v) is 14.2. The van der Waals surface area contributed by atoms with E-state index in [1.807, 2.05) is 32.5 Å². The fourth-order valence-electron chi connectivity index (χ4n) is 2.62. The highest BCUT2D eigenvalue weighted by Gasteiger charge is 2.20. The average Bonchev–Trinajstić information content (AvgIpc) is 2.71. The molecule has 2 rings (SSSR count). The summed E-state index contributed by atoms with van der Waals surface area (Å²) in [7, 11) is 3.42. The van der Waals surface area contributed by atoms with Crippen molar-refractivity contribution in [3.05, 3.63) is 45.7 Å². The monoisotopic (exact) mass is 321 g/mol. The lowest BCUT2D eigenvalue weighted by Gasteiger charge is -2.16. The minimum atomic E-state index is -0.227. The smallest absolute Gasteiger partial charge is 0.255 e. The van der Waals surface area contributed by atoms with Crippen LogP contribution in [0.1, 0.15) is 40.3 Å². The van der Waals surface area contributed by atoms with E-state index in [0.717, 1.165) is 17.0 Å². The second kappa shape index (κ2) is 6.40. The molecule has 0 spiro atoms. The zero-order chi connectivity index (χ0) is 16.4. The summed E-state index contributed by atoms with van der Waals surface area (Å²) in [5.41, 5.74) is 3.38. The van der Waals surface area contributed by atoms with Gasteiger partial charge in [0.05, 0.1) is 24.4 Å². The van der Waals surface area contributed by atoms with Crippen molar-refractivity contribution in [3.63, 3.8) is 0 Å². The van der Waals surface area contributed by atoms with Crippen LogP contribution in [0.15, 0.2) is 18.2 Å². The van der Waals surface area contributed by atoms with E-state index in [1.54, 1.807) is 18.2 Å². The van der Waals surface area contributed by atoms with Crippen molar-refractivity contribution in [3.8, 4) is 5.75 Å². The van der Waals surface area contributed by atoms with Crippen LogP contribution < -0.4 is 10.1 Å². The molecule has 0 aliphatic rings. The molecule has 0 saturated heterocycles. The molecule has 22 heavy (non-hydrogen) atoms. The number of rotatable bonds is 4. The molecule has 5 nitrogen and oxygen atoms in total. The van der Waals surface area contributed by atoms with Gasteiger partial charge in [0.15, 0.2) is 0 Å². The van der Waals surface area contributed by atoms with E-state index in [1.165, 1.54) is 7.11 Å². The Labute approximate surface area is 135 Å². The van der Waals surface area contributed by atoms with E-state index in [0.29, 0.717) is 16.3 Å². The Kier molecular flexibility index (Phi) is 4.76. The van der Waals surface area contributed by atoms with E-state index >= 15 is 0 Å². The Balaban J connectivity index is 2.27. The predicted molar refractivity (Wildman–Crippen MR) is 86.6 cm³/mol. The normalized spacial score (nSPS) is 12.1. The summed E-state index contributed by atoms with van der Waals surface area (Å²) < 4.78 is 7.04. The van der Waals surface area contributed by atoms with Crippen molar-refractivity contribution >= 4 is 17.5 Å². The Morgan fingerprint density at radius 1 is 1.41 bits per heavy atom. The number of aryl methyl sites for hydroxylation is 2. The molecule has 0 saturated carbocycles. The van der Waals surface area contributed by atoms with Crippen LogP contribution in [0, 0.1) is 13.8 Å². The molecule has 1 aromatic heterocycles. The minimum absolute atomic E-state index is 0.162. The number of nitrogens with one attached hydrogen (secondary N) is 1. The number of nitrogens with zero attached hydrogens (tertiary/aromatic N) is 2. The van der Waals surface area contributed by atoms with Crippen LogP contribution in [0.5, 0.6) is 5.75 Å². The number of benzene rings is 1. The standard InChI is InChI=1S/C16H20ClN3O2/c1-9(15-10(2)19-20(4)11(15)3)18-16(21)13-8-12(17)6-7-14(13)22-5/h6-9H,1-5H3,(H,18,21). The number of hydrogen-bond acceptors (Lipinski definition) is 3. The molecule has 6 heteroatoms. The maximum absolute atomic E-state index is 12.5. The van der Waals surface area contributed by atoms with Gasteiger partial charge in [0, 0.05) is 23.3 Å². The van der Waals surface area contributed by atoms with Gasteiger partial charge < -0.3 is 10.1 Å². The molecular weight excluding hydrogens is 302 g/mol. The zero-order valence-electron chi connectivity index (χ0n) is 13.4. The third-order valence-corrected chi connectivity index (χ3v) is 3.99. The number of carbonyl (C=O) groups is 1. The van der Waals surface area contributed by atoms with Crippen molar-refractivity contribution in [1.82, 2.24) is 15.1 Å². The van der Waals surface area contributed by atoms with E-state index in [-0.39, 0.29) is 11.9 Å². The third kappa shape index (κ3) is 3.09. The molecule has 2 aromatic rings. The summed E-state index contributed by atoms with van der Waals surface area (Å²) in [6.45, 7) is 5.86. The van der Waals surface area contributed by atoms with Crippen LogP contribution in [0.25, 0.3) is 0 Å². The molecule has 1 heterocycles. The fourth-order valence-corrected chi connectivity index (χ4v) is 2.79. The molecule has 1 amide bonds. The van der Waals surface area contributed by atoms with Crippen molar-refractivity contribution < 1.29 is 9.53 Å². The van der Waals surface area contributed by atoms with Gasteiger partial charge in [-0.15, -0.1) is 0 Å². The second-order valence-electron chi connectivity index (χ2n) is 5.25. The van der Waals surface area contributed by atoms with Crippen LogP contribution in [0.4, 0.5) is 0 Å². The highest BCUT2D eigenvalue weighted by Crippen LogP contribution is 2.25. The van der Waals surface area contributed by atoms with Crippen LogP contribution in [0.3, 0.4) is 0 Å². The number of amides is 1. The number of ether oxygens (including phenoxy) is 1. The van der Waals surface area contributed by atoms with Crippen LogP contribution in [-0.4, -0.2) is 22.8 Å². The first kappa shape index (κ1) is 16.4. The number of hydrogen-bond donors (Lipinski definition) is 1. The summed E-state index contributed by atoms with van der Waals surface area (Å²) in [5, 5.41) is 7.85. The summed E-state index contributed by atoms with van der Waals surface area (Å²) in [6, 6.07) is 4.81. The third-order valence-electron chi connectivity index (χ3n) is 3.75. The maximum Gasteiger partial charge on any atom is 0.255 e. The van der Waals surface area contributed by atoms with Crippen LogP contribution >= 0.6 is 11.6 Å². The molecule has 1 N–H and O–H groups in total. The Morgan fingerprint density at radius 3 is 2.64 bits per heavy atom. The first-order chi connectivity index (χ1) is 10.3. The average molecular weight is 322 g/mol. The topological polar surface area (TPSA) is 56.1 Å². The van der Waals surface area contributed by atoms with Gasteiger partial charge in [-0.25, -0.2) is 0 Å². The van der Waals surface area contributed by atoms with Gasteiger partial charge in [-0.05, 0) is 39.0 Å². The van der Waals surface area contributed by atoms with Gasteiger partial charge in [-0.2, -0.15) is 5.10 Å².